The third-order valence-corrected chi connectivity index (χ3v) is 6.26. The molecule has 0 spiro atoms. The highest BCUT2D eigenvalue weighted by Crippen LogP contribution is 2.42. The van der Waals surface area contributed by atoms with E-state index in [1.807, 2.05) is 0 Å². The quantitative estimate of drug-likeness (QED) is 0.781. The molecule has 1 amide bonds. The van der Waals surface area contributed by atoms with Gasteiger partial charge in [-0.05, 0) is 29.8 Å². The lowest BCUT2D eigenvalue weighted by atomic mass is 10.1. The van der Waals surface area contributed by atoms with Gasteiger partial charge >= 0.3 is 0 Å². The van der Waals surface area contributed by atoms with Gasteiger partial charge < -0.3 is 5.11 Å². The molecular weight excluding hydrogens is 392 g/mol. The first-order valence-corrected chi connectivity index (χ1v) is 11.1. The van der Waals surface area contributed by atoms with Gasteiger partial charge in [0.05, 0.1) is 4.90 Å². The fourth-order valence-corrected chi connectivity index (χ4v) is 4.56. The highest BCUT2D eigenvalue weighted by Gasteiger charge is 2.45. The van der Waals surface area contributed by atoms with Crippen molar-refractivity contribution in [2.24, 2.45) is 5.14 Å². The summed E-state index contributed by atoms with van der Waals surface area (Å²) in [6.07, 6.45) is 0.912. The summed E-state index contributed by atoms with van der Waals surface area (Å²) in [5, 5.41) is 15.3. The molecule has 3 rings (SSSR count). The van der Waals surface area contributed by atoms with Crippen LogP contribution in [-0.4, -0.2) is 34.1 Å². The molecule has 0 radical (unpaired) electrons. The smallest absolute Gasteiger partial charge is 0.295 e. The van der Waals surface area contributed by atoms with Crippen molar-refractivity contribution in [2.45, 2.75) is 10.9 Å². The summed E-state index contributed by atoms with van der Waals surface area (Å²) in [6, 6.07) is 12.3. The van der Waals surface area contributed by atoms with E-state index in [1.54, 1.807) is 30.3 Å². The molecule has 1 aliphatic rings. The Morgan fingerprint density at radius 3 is 2.00 bits per heavy atom. The molecule has 0 aromatic heterocycles. The van der Waals surface area contributed by atoms with Crippen LogP contribution < -0.4 is 10.0 Å². The van der Waals surface area contributed by atoms with Crippen molar-refractivity contribution in [3.63, 3.8) is 0 Å². The Balaban J connectivity index is 2.18. The number of benzene rings is 2. The molecule has 2 aromatic rings. The number of primary sulfonamides is 1. The molecule has 0 saturated heterocycles. The SMILES string of the molecule is CS(=O)(=O)C1=C(O)C(=O)N(c2ccc(S(N)(=O)=O)cc2)[C@@H]1c1ccccc1. The van der Waals surface area contributed by atoms with E-state index in [0.717, 1.165) is 11.2 Å². The number of hydrogen-bond donors (Lipinski definition) is 2. The molecule has 3 N–H and O–H groups in total. The van der Waals surface area contributed by atoms with E-state index in [2.05, 4.69) is 0 Å². The maximum Gasteiger partial charge on any atom is 0.295 e. The summed E-state index contributed by atoms with van der Waals surface area (Å²) in [4.78, 5) is 13.2. The lowest BCUT2D eigenvalue weighted by Crippen LogP contribution is -2.31. The van der Waals surface area contributed by atoms with Crippen LogP contribution in [0.2, 0.25) is 0 Å². The second-order valence-electron chi connectivity index (χ2n) is 6.01. The summed E-state index contributed by atoms with van der Waals surface area (Å²) < 4.78 is 47.3. The van der Waals surface area contributed by atoms with E-state index in [1.165, 1.54) is 24.3 Å². The van der Waals surface area contributed by atoms with E-state index in [0.29, 0.717) is 5.56 Å². The summed E-state index contributed by atoms with van der Waals surface area (Å²) in [5.41, 5.74) is 0.692. The van der Waals surface area contributed by atoms with Gasteiger partial charge in [-0.2, -0.15) is 0 Å². The van der Waals surface area contributed by atoms with Crippen LogP contribution in [0.1, 0.15) is 11.6 Å². The number of carbonyl (C=O) groups excluding carboxylic acids is 1. The third-order valence-electron chi connectivity index (χ3n) is 4.12. The monoisotopic (exact) mass is 408 g/mol. The molecular formula is C17H16N2O6S2. The largest absolute Gasteiger partial charge is 0.502 e. The minimum absolute atomic E-state index is 0.158. The number of carbonyl (C=O) groups is 1. The normalized spacial score (nSPS) is 18.2. The molecule has 8 nitrogen and oxygen atoms in total. The first-order chi connectivity index (χ1) is 12.5. The Bertz CT molecular complexity index is 1140. The maximum atomic E-state index is 12.6. The van der Waals surface area contributed by atoms with Crippen LogP contribution in [0.3, 0.4) is 0 Å². The van der Waals surface area contributed by atoms with Gasteiger partial charge in [-0.1, -0.05) is 30.3 Å². The van der Waals surface area contributed by atoms with Gasteiger partial charge in [0.2, 0.25) is 10.0 Å². The molecule has 2 aromatic carbocycles. The van der Waals surface area contributed by atoms with Crippen LogP contribution >= 0.6 is 0 Å². The molecule has 142 valence electrons. The number of nitrogens with two attached hydrogens (primary N) is 1. The van der Waals surface area contributed by atoms with Crippen molar-refractivity contribution in [3.05, 3.63) is 70.8 Å². The summed E-state index contributed by atoms with van der Waals surface area (Å²) >= 11 is 0. The Hall–Kier alpha value is -2.69. The zero-order valence-corrected chi connectivity index (χ0v) is 15.7. The minimum atomic E-state index is -3.93. The van der Waals surface area contributed by atoms with E-state index in [4.69, 9.17) is 5.14 Å². The zero-order chi connectivity index (χ0) is 20.0. The fraction of sp³-hybridized carbons (Fsp3) is 0.118. The average molecular weight is 408 g/mol. The maximum absolute atomic E-state index is 12.6. The van der Waals surface area contributed by atoms with Crippen LogP contribution in [0.25, 0.3) is 0 Å². The Labute approximate surface area is 156 Å². The second-order valence-corrected chi connectivity index (χ2v) is 9.56. The van der Waals surface area contributed by atoms with E-state index < -0.39 is 42.5 Å². The molecule has 0 bridgehead atoms. The molecule has 27 heavy (non-hydrogen) atoms. The number of hydrogen-bond acceptors (Lipinski definition) is 6. The standard InChI is InChI=1S/C17H16N2O6S2/c1-26(22,23)16-14(11-5-3-2-4-6-11)19(17(21)15(16)20)12-7-9-13(10-8-12)27(18,24)25/h2-10,14,20H,1H3,(H2,18,24,25)/t14-/m1/s1. The number of rotatable bonds is 4. The van der Waals surface area contributed by atoms with Crippen LogP contribution in [0.15, 0.2) is 70.2 Å². The van der Waals surface area contributed by atoms with Gasteiger partial charge in [0.15, 0.2) is 15.6 Å². The van der Waals surface area contributed by atoms with Gasteiger partial charge in [0.25, 0.3) is 5.91 Å². The summed E-state index contributed by atoms with van der Waals surface area (Å²) in [6.45, 7) is 0. The number of sulfone groups is 1. The van der Waals surface area contributed by atoms with Gasteiger partial charge in [-0.15, -0.1) is 0 Å². The molecule has 0 aliphatic carbocycles. The van der Waals surface area contributed by atoms with Crippen LogP contribution in [0.4, 0.5) is 5.69 Å². The van der Waals surface area contributed by atoms with Gasteiger partial charge in [-0.3, -0.25) is 9.69 Å². The highest BCUT2D eigenvalue weighted by molar-refractivity contribution is 7.94. The van der Waals surface area contributed by atoms with Crippen molar-refractivity contribution in [1.29, 1.82) is 0 Å². The molecule has 0 saturated carbocycles. The van der Waals surface area contributed by atoms with E-state index in [9.17, 15) is 26.7 Å². The lowest BCUT2D eigenvalue weighted by Gasteiger charge is -2.26. The lowest BCUT2D eigenvalue weighted by molar-refractivity contribution is -0.117. The van der Waals surface area contributed by atoms with Gasteiger partial charge in [-0.25, -0.2) is 22.0 Å². The zero-order valence-electron chi connectivity index (χ0n) is 14.1. The number of nitrogens with zero attached hydrogens (tertiary/aromatic N) is 1. The molecule has 0 unspecified atom stereocenters. The number of aliphatic hydroxyl groups is 1. The summed E-state index contributed by atoms with van der Waals surface area (Å²) in [5.74, 6) is -1.76. The molecule has 10 heteroatoms. The van der Waals surface area contributed by atoms with Gasteiger partial charge in [0, 0.05) is 11.9 Å². The number of anilines is 1. The first-order valence-electron chi connectivity index (χ1n) is 7.66. The molecule has 1 aliphatic heterocycles. The number of sulfonamides is 1. The molecule has 1 atom stereocenters. The predicted octanol–water partition coefficient (Wildman–Crippen LogP) is 1.24. The first kappa shape index (κ1) is 19.1. The highest BCUT2D eigenvalue weighted by atomic mass is 32.2. The van der Waals surface area contributed by atoms with Crippen LogP contribution in [0.5, 0.6) is 0 Å². The Morgan fingerprint density at radius 2 is 1.52 bits per heavy atom. The molecule has 0 fully saturated rings. The number of aliphatic hydroxyl groups excluding tert-OH is 1. The topological polar surface area (TPSA) is 135 Å². The Morgan fingerprint density at radius 1 is 0.963 bits per heavy atom. The second kappa shape index (κ2) is 6.48. The van der Waals surface area contributed by atoms with E-state index in [-0.39, 0.29) is 10.6 Å². The summed E-state index contributed by atoms with van der Waals surface area (Å²) in [7, 11) is -7.83. The van der Waals surface area contributed by atoms with Crippen LogP contribution in [0, 0.1) is 0 Å². The van der Waals surface area contributed by atoms with Crippen molar-refractivity contribution >= 4 is 31.5 Å². The van der Waals surface area contributed by atoms with Gasteiger partial charge in [0.1, 0.15) is 10.9 Å². The fourth-order valence-electron chi connectivity index (χ4n) is 2.96. The van der Waals surface area contributed by atoms with Crippen molar-refractivity contribution in [2.75, 3.05) is 11.2 Å². The third kappa shape index (κ3) is 3.46. The van der Waals surface area contributed by atoms with Crippen LogP contribution in [-0.2, 0) is 24.7 Å². The minimum Gasteiger partial charge on any atom is -0.502 e. The van der Waals surface area contributed by atoms with Crippen molar-refractivity contribution in [1.82, 2.24) is 0 Å². The average Bonchev–Trinajstić information content (AvgIpc) is 2.86. The Kier molecular flexibility index (Phi) is 4.58. The van der Waals surface area contributed by atoms with E-state index >= 15 is 0 Å². The van der Waals surface area contributed by atoms with Crippen molar-refractivity contribution in [3.8, 4) is 0 Å². The van der Waals surface area contributed by atoms with Crippen molar-refractivity contribution < 1.29 is 26.7 Å². The molecule has 1 heterocycles. The number of amides is 1. The predicted molar refractivity (Wildman–Crippen MR) is 99.0 cm³/mol.